The molecule has 0 atom stereocenters. The van der Waals surface area contributed by atoms with E-state index < -0.39 is 0 Å². The first-order valence-corrected chi connectivity index (χ1v) is 2.69. The molecule has 3 heteroatoms. The van der Waals surface area contributed by atoms with Crippen molar-refractivity contribution in [1.29, 1.82) is 0 Å². The van der Waals surface area contributed by atoms with Crippen LogP contribution in [0.4, 0.5) is 0 Å². The van der Waals surface area contributed by atoms with Gasteiger partial charge in [0.2, 0.25) is 5.91 Å². The van der Waals surface area contributed by atoms with Crippen molar-refractivity contribution in [2.75, 3.05) is 13.3 Å². The number of nitrogens with zero attached hydrogens (tertiary/aromatic N) is 1. The van der Waals surface area contributed by atoms with E-state index in [-0.39, 0.29) is 12.6 Å². The van der Waals surface area contributed by atoms with Gasteiger partial charge in [0.05, 0.1) is 0 Å². The van der Waals surface area contributed by atoms with Crippen molar-refractivity contribution in [1.82, 2.24) is 4.90 Å². The number of hydrogen-bond acceptors (Lipinski definition) is 2. The number of aliphatic hydroxyl groups excluding tert-OH is 1. The highest BCUT2D eigenvalue weighted by molar-refractivity contribution is 5.73. The van der Waals surface area contributed by atoms with Gasteiger partial charge in [-0.1, -0.05) is 6.08 Å². The first-order valence-electron chi connectivity index (χ1n) is 2.69. The first kappa shape index (κ1) is 8.17. The summed E-state index contributed by atoms with van der Waals surface area (Å²) in [6, 6.07) is 0. The van der Waals surface area contributed by atoms with Crippen LogP contribution in [-0.2, 0) is 4.79 Å². The van der Waals surface area contributed by atoms with Crippen molar-refractivity contribution < 1.29 is 9.90 Å². The van der Waals surface area contributed by atoms with Gasteiger partial charge in [0, 0.05) is 13.5 Å². The summed E-state index contributed by atoms with van der Waals surface area (Å²) in [5.41, 5.74) is 0. The Bertz CT molecular complexity index is 112. The van der Waals surface area contributed by atoms with Crippen LogP contribution in [0.2, 0.25) is 0 Å². The minimum absolute atomic E-state index is 0.141. The minimum Gasteiger partial charge on any atom is -0.376 e. The standard InChI is InChI=1S/C6H11NO2/c1-3-4-7(5-8)6(2)9/h3,8H,1,4-5H2,2H3. The van der Waals surface area contributed by atoms with Crippen LogP contribution in [-0.4, -0.2) is 29.2 Å². The maximum Gasteiger partial charge on any atom is 0.221 e. The quantitative estimate of drug-likeness (QED) is 0.429. The Morgan fingerprint density at radius 3 is 2.56 bits per heavy atom. The fourth-order valence-electron chi connectivity index (χ4n) is 0.442. The van der Waals surface area contributed by atoms with E-state index in [9.17, 15) is 4.79 Å². The van der Waals surface area contributed by atoms with Gasteiger partial charge in [-0.25, -0.2) is 0 Å². The van der Waals surface area contributed by atoms with E-state index >= 15 is 0 Å². The van der Waals surface area contributed by atoms with Crippen LogP contribution in [0.15, 0.2) is 12.7 Å². The third-order valence-electron chi connectivity index (χ3n) is 0.966. The Morgan fingerprint density at radius 1 is 1.89 bits per heavy atom. The number of aliphatic hydroxyl groups is 1. The summed E-state index contributed by atoms with van der Waals surface area (Å²) in [6.07, 6.45) is 1.57. The molecule has 0 aromatic carbocycles. The van der Waals surface area contributed by atoms with Gasteiger partial charge in [0.15, 0.2) is 0 Å². The second-order valence-electron chi connectivity index (χ2n) is 1.67. The molecule has 0 radical (unpaired) electrons. The van der Waals surface area contributed by atoms with Gasteiger partial charge in [-0.05, 0) is 0 Å². The Kier molecular flexibility index (Phi) is 3.71. The first-order chi connectivity index (χ1) is 4.22. The third-order valence-corrected chi connectivity index (χ3v) is 0.966. The van der Waals surface area contributed by atoms with Gasteiger partial charge in [-0.15, -0.1) is 6.58 Å². The number of carbonyl (C=O) groups excluding carboxylic acids is 1. The molecular weight excluding hydrogens is 118 g/mol. The molecule has 0 saturated heterocycles. The lowest BCUT2D eigenvalue weighted by molar-refractivity contribution is -0.131. The Labute approximate surface area is 54.6 Å². The average molecular weight is 129 g/mol. The molecule has 0 heterocycles. The average Bonchev–Trinajstić information content (AvgIpc) is 1.82. The zero-order valence-corrected chi connectivity index (χ0v) is 5.50. The van der Waals surface area contributed by atoms with Gasteiger partial charge in [0.1, 0.15) is 6.73 Å². The molecule has 0 spiro atoms. The highest BCUT2D eigenvalue weighted by Gasteiger charge is 2.01. The lowest BCUT2D eigenvalue weighted by Gasteiger charge is -2.14. The lowest BCUT2D eigenvalue weighted by atomic mass is 10.5. The number of amides is 1. The topological polar surface area (TPSA) is 40.5 Å². The van der Waals surface area contributed by atoms with E-state index in [0.717, 1.165) is 0 Å². The SMILES string of the molecule is C=CCN(CO)C(C)=O. The van der Waals surface area contributed by atoms with Crippen LogP contribution < -0.4 is 0 Å². The number of carbonyl (C=O) groups is 1. The van der Waals surface area contributed by atoms with Gasteiger partial charge in [0.25, 0.3) is 0 Å². The molecule has 0 saturated carbocycles. The van der Waals surface area contributed by atoms with E-state index in [1.807, 2.05) is 0 Å². The summed E-state index contributed by atoms with van der Waals surface area (Å²) < 4.78 is 0. The van der Waals surface area contributed by atoms with Crippen molar-refractivity contribution in [2.24, 2.45) is 0 Å². The van der Waals surface area contributed by atoms with E-state index in [4.69, 9.17) is 5.11 Å². The normalized spacial score (nSPS) is 8.67. The van der Waals surface area contributed by atoms with Crippen LogP contribution in [0, 0.1) is 0 Å². The highest BCUT2D eigenvalue weighted by atomic mass is 16.3. The summed E-state index contributed by atoms with van der Waals surface area (Å²) in [5, 5.41) is 8.48. The van der Waals surface area contributed by atoms with Gasteiger partial charge in [-0.2, -0.15) is 0 Å². The van der Waals surface area contributed by atoms with Crippen LogP contribution in [0.1, 0.15) is 6.92 Å². The summed E-state index contributed by atoms with van der Waals surface area (Å²) in [5.74, 6) is -0.141. The van der Waals surface area contributed by atoms with Crippen LogP contribution >= 0.6 is 0 Å². The summed E-state index contributed by atoms with van der Waals surface area (Å²) in [7, 11) is 0. The fourth-order valence-corrected chi connectivity index (χ4v) is 0.442. The van der Waals surface area contributed by atoms with Crippen LogP contribution in [0.3, 0.4) is 0 Å². The van der Waals surface area contributed by atoms with E-state index in [1.165, 1.54) is 11.8 Å². The van der Waals surface area contributed by atoms with Crippen molar-refractivity contribution in [3.8, 4) is 0 Å². The van der Waals surface area contributed by atoms with Gasteiger partial charge < -0.3 is 10.0 Å². The molecule has 0 aliphatic heterocycles. The van der Waals surface area contributed by atoms with Crippen molar-refractivity contribution in [2.45, 2.75) is 6.92 Å². The minimum atomic E-state index is -0.235. The Hall–Kier alpha value is -0.830. The fraction of sp³-hybridized carbons (Fsp3) is 0.500. The zero-order valence-electron chi connectivity index (χ0n) is 5.50. The van der Waals surface area contributed by atoms with Crippen molar-refractivity contribution >= 4 is 5.91 Å². The van der Waals surface area contributed by atoms with Gasteiger partial charge in [-0.3, -0.25) is 4.79 Å². The molecule has 0 rings (SSSR count). The summed E-state index contributed by atoms with van der Waals surface area (Å²) in [6.45, 7) is 5.00. The Morgan fingerprint density at radius 2 is 2.44 bits per heavy atom. The molecule has 9 heavy (non-hydrogen) atoms. The second-order valence-corrected chi connectivity index (χ2v) is 1.67. The van der Waals surface area contributed by atoms with E-state index in [1.54, 1.807) is 6.08 Å². The number of rotatable bonds is 3. The smallest absolute Gasteiger partial charge is 0.221 e. The molecule has 0 fully saturated rings. The predicted octanol–water partition coefficient (Wildman–Crippen LogP) is -0.0293. The maximum atomic E-state index is 10.5. The monoisotopic (exact) mass is 129 g/mol. The molecule has 52 valence electrons. The van der Waals surface area contributed by atoms with Crippen LogP contribution in [0.25, 0.3) is 0 Å². The molecule has 1 amide bonds. The molecule has 0 bridgehead atoms. The summed E-state index contributed by atoms with van der Waals surface area (Å²) in [4.78, 5) is 11.8. The van der Waals surface area contributed by atoms with E-state index in [2.05, 4.69) is 6.58 Å². The molecule has 0 aliphatic carbocycles. The molecule has 0 unspecified atom stereocenters. The molecule has 3 nitrogen and oxygen atoms in total. The molecule has 1 N–H and O–H groups in total. The van der Waals surface area contributed by atoms with Gasteiger partial charge >= 0.3 is 0 Å². The second kappa shape index (κ2) is 4.09. The third kappa shape index (κ3) is 2.87. The molecular formula is C6H11NO2. The predicted molar refractivity (Wildman–Crippen MR) is 34.7 cm³/mol. The molecule has 0 aromatic rings. The number of hydrogen-bond donors (Lipinski definition) is 1. The van der Waals surface area contributed by atoms with Crippen molar-refractivity contribution in [3.05, 3.63) is 12.7 Å². The maximum absolute atomic E-state index is 10.5. The highest BCUT2D eigenvalue weighted by Crippen LogP contribution is 1.85. The molecule has 0 aliphatic rings. The largest absolute Gasteiger partial charge is 0.376 e. The lowest BCUT2D eigenvalue weighted by Crippen LogP contribution is -2.29. The Balaban J connectivity index is 3.67. The van der Waals surface area contributed by atoms with E-state index in [0.29, 0.717) is 6.54 Å². The van der Waals surface area contributed by atoms with Crippen LogP contribution in [0.5, 0.6) is 0 Å². The molecule has 0 aromatic heterocycles. The van der Waals surface area contributed by atoms with Crippen molar-refractivity contribution in [3.63, 3.8) is 0 Å². The summed E-state index contributed by atoms with van der Waals surface area (Å²) >= 11 is 0. The zero-order chi connectivity index (χ0) is 7.28.